The number of nitrogens with one attached hydrogen (secondary N) is 2. The van der Waals surface area contributed by atoms with Crippen molar-refractivity contribution in [2.45, 2.75) is 9.79 Å². The van der Waals surface area contributed by atoms with Gasteiger partial charge in [-0.15, -0.1) is 0 Å². The first kappa shape index (κ1) is 20.7. The molecule has 30 heavy (non-hydrogen) atoms. The van der Waals surface area contributed by atoms with Gasteiger partial charge < -0.3 is 18.9 Å². The number of ether oxygens (including phenoxy) is 4. The topological polar surface area (TPSA) is 129 Å². The molecule has 2 aliphatic heterocycles. The second-order valence-corrected chi connectivity index (χ2v) is 9.94. The fraction of sp³-hybridized carbons (Fsp3) is 0.333. The van der Waals surface area contributed by atoms with Crippen LogP contribution in [0.2, 0.25) is 0 Å². The second-order valence-electron chi connectivity index (χ2n) is 6.41. The molecule has 0 saturated heterocycles. The first-order valence-corrected chi connectivity index (χ1v) is 12.1. The van der Waals surface area contributed by atoms with Crippen LogP contribution in [0.1, 0.15) is 0 Å². The fourth-order valence-electron chi connectivity index (χ4n) is 2.92. The Morgan fingerprint density at radius 3 is 1.37 bits per heavy atom. The summed E-state index contributed by atoms with van der Waals surface area (Å²) in [4.78, 5) is 0.00267. The van der Waals surface area contributed by atoms with Crippen molar-refractivity contribution < 1.29 is 35.8 Å². The van der Waals surface area contributed by atoms with E-state index < -0.39 is 20.0 Å². The summed E-state index contributed by atoms with van der Waals surface area (Å²) < 4.78 is 76.1. The molecule has 0 aromatic heterocycles. The third-order valence-corrected chi connectivity index (χ3v) is 7.27. The summed E-state index contributed by atoms with van der Waals surface area (Å²) in [6.45, 7) is 1.21. The minimum atomic E-state index is -3.85. The van der Waals surface area contributed by atoms with Gasteiger partial charge in [-0.25, -0.2) is 26.3 Å². The normalized spacial score (nSPS) is 15.6. The number of fused-ring (bicyclic) bond motifs is 2. The van der Waals surface area contributed by atoms with Gasteiger partial charge in [0.2, 0.25) is 20.0 Å². The van der Waals surface area contributed by atoms with Crippen LogP contribution in [-0.4, -0.2) is 56.4 Å². The molecule has 2 N–H and O–H groups in total. The number of hydrogen-bond acceptors (Lipinski definition) is 8. The average molecular weight is 456 g/mol. The SMILES string of the molecule is O=S(=O)(NCCNS(=O)(=O)c1ccc2c(c1)OCCO2)c1ccc2c(c1)OCCO2. The molecule has 0 amide bonds. The summed E-state index contributed by atoms with van der Waals surface area (Å²) in [7, 11) is -7.69. The summed E-state index contributed by atoms with van der Waals surface area (Å²) in [5, 5.41) is 0. The summed E-state index contributed by atoms with van der Waals surface area (Å²) in [5.41, 5.74) is 0. The maximum atomic E-state index is 12.5. The minimum Gasteiger partial charge on any atom is -0.486 e. The largest absolute Gasteiger partial charge is 0.486 e. The van der Waals surface area contributed by atoms with Crippen LogP contribution < -0.4 is 28.4 Å². The molecular weight excluding hydrogens is 436 g/mol. The lowest BCUT2D eigenvalue weighted by molar-refractivity contribution is 0.171. The molecule has 0 fully saturated rings. The molecule has 0 bridgehead atoms. The molecule has 10 nitrogen and oxygen atoms in total. The van der Waals surface area contributed by atoms with E-state index >= 15 is 0 Å². The molecule has 12 heteroatoms. The zero-order chi connectivity index (χ0) is 21.2. The molecule has 2 aromatic carbocycles. The van der Waals surface area contributed by atoms with Gasteiger partial charge in [0.25, 0.3) is 0 Å². The standard InChI is InChI=1S/C18H20N2O8S2/c21-29(22,13-1-3-15-17(11-13)27-9-7-25-15)19-5-6-20-30(23,24)14-2-4-16-18(12-14)28-10-8-26-16/h1-4,11-12,19-20H,5-10H2. The van der Waals surface area contributed by atoms with Gasteiger partial charge in [0.05, 0.1) is 9.79 Å². The third-order valence-electron chi connectivity index (χ3n) is 4.36. The van der Waals surface area contributed by atoms with Gasteiger partial charge in [0.1, 0.15) is 26.4 Å². The van der Waals surface area contributed by atoms with Gasteiger partial charge in [-0.2, -0.15) is 0 Å². The van der Waals surface area contributed by atoms with Crippen LogP contribution in [0, 0.1) is 0 Å². The van der Waals surface area contributed by atoms with E-state index in [9.17, 15) is 16.8 Å². The lowest BCUT2D eigenvalue weighted by Crippen LogP contribution is -2.34. The molecule has 0 aliphatic carbocycles. The summed E-state index contributed by atoms with van der Waals surface area (Å²) in [6, 6.07) is 8.58. The van der Waals surface area contributed by atoms with E-state index in [1.54, 1.807) is 0 Å². The van der Waals surface area contributed by atoms with Crippen molar-refractivity contribution in [2.75, 3.05) is 39.5 Å². The van der Waals surface area contributed by atoms with E-state index in [2.05, 4.69) is 9.44 Å². The number of hydrogen-bond donors (Lipinski definition) is 2. The number of sulfonamides is 2. The predicted octanol–water partition coefficient (Wildman–Crippen LogP) is 0.486. The lowest BCUT2D eigenvalue weighted by atomic mass is 10.3. The maximum Gasteiger partial charge on any atom is 0.240 e. The van der Waals surface area contributed by atoms with Crippen LogP contribution >= 0.6 is 0 Å². The summed E-state index contributed by atoms with van der Waals surface area (Å²) in [6.07, 6.45) is 0. The van der Waals surface area contributed by atoms with Crippen molar-refractivity contribution >= 4 is 20.0 Å². The molecule has 2 aliphatic rings. The van der Waals surface area contributed by atoms with Crippen molar-refractivity contribution in [2.24, 2.45) is 0 Å². The van der Waals surface area contributed by atoms with E-state index in [1.165, 1.54) is 36.4 Å². The summed E-state index contributed by atoms with van der Waals surface area (Å²) >= 11 is 0. The van der Waals surface area contributed by atoms with Crippen LogP contribution in [0.3, 0.4) is 0 Å². The smallest absolute Gasteiger partial charge is 0.240 e. The van der Waals surface area contributed by atoms with Crippen LogP contribution in [0.4, 0.5) is 0 Å². The summed E-state index contributed by atoms with van der Waals surface area (Å²) in [5.74, 6) is 1.66. The Bertz CT molecular complexity index is 1060. The third kappa shape index (κ3) is 4.46. The van der Waals surface area contributed by atoms with E-state index in [4.69, 9.17) is 18.9 Å². The molecule has 2 aromatic rings. The van der Waals surface area contributed by atoms with Crippen LogP contribution in [-0.2, 0) is 20.0 Å². The number of rotatable bonds is 7. The quantitative estimate of drug-likeness (QED) is 0.576. The minimum absolute atomic E-state index is 0.00134. The average Bonchev–Trinajstić information content (AvgIpc) is 2.76. The Morgan fingerprint density at radius 2 is 0.967 bits per heavy atom. The highest BCUT2D eigenvalue weighted by Gasteiger charge is 2.21. The molecule has 0 spiro atoms. The lowest BCUT2D eigenvalue weighted by Gasteiger charge is -2.19. The zero-order valence-corrected chi connectivity index (χ0v) is 17.4. The maximum absolute atomic E-state index is 12.5. The van der Waals surface area contributed by atoms with E-state index in [-0.39, 0.29) is 22.9 Å². The molecule has 0 radical (unpaired) electrons. The van der Waals surface area contributed by atoms with Crippen LogP contribution in [0.15, 0.2) is 46.2 Å². The van der Waals surface area contributed by atoms with Gasteiger partial charge in [0.15, 0.2) is 23.0 Å². The van der Waals surface area contributed by atoms with Gasteiger partial charge in [-0.3, -0.25) is 0 Å². The van der Waals surface area contributed by atoms with E-state index in [1.807, 2.05) is 0 Å². The van der Waals surface area contributed by atoms with Crippen LogP contribution in [0.5, 0.6) is 23.0 Å². The molecule has 0 atom stereocenters. The van der Waals surface area contributed by atoms with Crippen molar-refractivity contribution in [1.82, 2.24) is 9.44 Å². The highest BCUT2D eigenvalue weighted by atomic mass is 32.2. The predicted molar refractivity (Wildman–Crippen MR) is 105 cm³/mol. The van der Waals surface area contributed by atoms with Gasteiger partial charge in [0, 0.05) is 25.2 Å². The Kier molecular flexibility index (Phi) is 5.73. The van der Waals surface area contributed by atoms with Gasteiger partial charge in [-0.1, -0.05) is 0 Å². The van der Waals surface area contributed by atoms with Crippen LogP contribution in [0.25, 0.3) is 0 Å². The highest BCUT2D eigenvalue weighted by molar-refractivity contribution is 7.90. The van der Waals surface area contributed by atoms with Crippen molar-refractivity contribution in [1.29, 1.82) is 0 Å². The Labute approximate surface area is 174 Å². The first-order valence-electron chi connectivity index (χ1n) is 9.14. The van der Waals surface area contributed by atoms with E-state index in [0.717, 1.165) is 0 Å². The van der Waals surface area contributed by atoms with E-state index in [0.29, 0.717) is 49.4 Å². The number of benzene rings is 2. The van der Waals surface area contributed by atoms with Crippen molar-refractivity contribution in [3.05, 3.63) is 36.4 Å². The highest BCUT2D eigenvalue weighted by Crippen LogP contribution is 2.33. The van der Waals surface area contributed by atoms with Crippen molar-refractivity contribution in [3.8, 4) is 23.0 Å². The van der Waals surface area contributed by atoms with Gasteiger partial charge >= 0.3 is 0 Å². The zero-order valence-electron chi connectivity index (χ0n) is 15.8. The molecule has 2 heterocycles. The molecule has 4 rings (SSSR count). The Hall–Kier alpha value is -2.54. The Balaban J connectivity index is 1.36. The van der Waals surface area contributed by atoms with Gasteiger partial charge in [-0.05, 0) is 24.3 Å². The second kappa shape index (κ2) is 8.30. The molecule has 162 valence electrons. The fourth-order valence-corrected chi connectivity index (χ4v) is 5.01. The molecule has 0 unspecified atom stereocenters. The Morgan fingerprint density at radius 1 is 0.600 bits per heavy atom. The monoisotopic (exact) mass is 456 g/mol. The molecule has 0 saturated carbocycles. The van der Waals surface area contributed by atoms with Crippen molar-refractivity contribution in [3.63, 3.8) is 0 Å². The first-order chi connectivity index (χ1) is 14.4. The molecular formula is C18H20N2O8S2.